The molecule has 1 aromatic rings. The molecule has 0 aliphatic heterocycles. The highest BCUT2D eigenvalue weighted by Gasteiger charge is 2.29. The van der Waals surface area contributed by atoms with Crippen molar-refractivity contribution >= 4 is 11.8 Å². The van der Waals surface area contributed by atoms with Gasteiger partial charge < -0.3 is 9.84 Å². The van der Waals surface area contributed by atoms with Crippen LogP contribution in [0.3, 0.4) is 0 Å². The number of hydrogen-bond acceptors (Lipinski definition) is 3. The van der Waals surface area contributed by atoms with E-state index in [1.807, 2.05) is 0 Å². The molecule has 0 aliphatic rings. The van der Waals surface area contributed by atoms with Gasteiger partial charge in [0, 0.05) is 5.56 Å². The number of carbonyl (C=O) groups is 2. The first-order valence-corrected chi connectivity index (χ1v) is 5.28. The maximum Gasteiger partial charge on any atom is 0.347 e. The van der Waals surface area contributed by atoms with Gasteiger partial charge in [-0.3, -0.25) is 4.79 Å². The van der Waals surface area contributed by atoms with Gasteiger partial charge in [-0.25, -0.2) is 4.79 Å². The van der Waals surface area contributed by atoms with Gasteiger partial charge in [-0.15, -0.1) is 0 Å². The normalized spacial score (nSPS) is 11.1. The Kier molecular flexibility index (Phi) is 3.56. The van der Waals surface area contributed by atoms with E-state index in [4.69, 9.17) is 9.84 Å². The molecule has 0 saturated heterocycles. The van der Waals surface area contributed by atoms with E-state index in [1.165, 1.54) is 20.8 Å². The highest BCUT2D eigenvalue weighted by atomic mass is 16.5. The molecule has 0 atom stereocenters. The molecular formula is C13H16O4. The number of carboxylic acids is 1. The van der Waals surface area contributed by atoms with E-state index in [1.54, 1.807) is 25.1 Å². The molecule has 0 amide bonds. The molecule has 0 radical (unpaired) electrons. The third-order valence-corrected chi connectivity index (χ3v) is 2.47. The largest absolute Gasteiger partial charge is 0.478 e. The first-order chi connectivity index (χ1) is 7.74. The van der Waals surface area contributed by atoms with Crippen LogP contribution in [0.4, 0.5) is 0 Å². The molecule has 0 aromatic heterocycles. The number of Topliss-reactive ketones (excluding diaryl/α,β-unsaturated/α-hetero) is 1. The van der Waals surface area contributed by atoms with Gasteiger partial charge in [0.15, 0.2) is 11.4 Å². The Morgan fingerprint density at radius 3 is 2.29 bits per heavy atom. The molecule has 0 saturated carbocycles. The lowest BCUT2D eigenvalue weighted by atomic mass is 10.0. The molecule has 1 aromatic carbocycles. The van der Waals surface area contributed by atoms with E-state index < -0.39 is 11.6 Å². The SMILES string of the molecule is CC(=O)c1ccc(OC(C)(C)C(=O)O)cc1C. The number of benzene rings is 1. The summed E-state index contributed by atoms with van der Waals surface area (Å²) < 4.78 is 5.37. The molecule has 1 N–H and O–H groups in total. The van der Waals surface area contributed by atoms with Gasteiger partial charge in [-0.2, -0.15) is 0 Å². The number of carboxylic acid groups (broad SMARTS) is 1. The second-order valence-electron chi connectivity index (χ2n) is 4.45. The first-order valence-electron chi connectivity index (χ1n) is 5.28. The van der Waals surface area contributed by atoms with Gasteiger partial charge in [0.1, 0.15) is 5.75 Å². The number of ether oxygens (including phenoxy) is 1. The van der Waals surface area contributed by atoms with Crippen LogP contribution in [-0.2, 0) is 4.79 Å². The van der Waals surface area contributed by atoms with Gasteiger partial charge in [0.05, 0.1) is 0 Å². The fraction of sp³-hybridized carbons (Fsp3) is 0.385. The minimum atomic E-state index is -1.29. The molecule has 4 nitrogen and oxygen atoms in total. The zero-order valence-corrected chi connectivity index (χ0v) is 10.4. The van der Waals surface area contributed by atoms with E-state index in [2.05, 4.69) is 0 Å². The summed E-state index contributed by atoms with van der Waals surface area (Å²) in [6.45, 7) is 6.23. The van der Waals surface area contributed by atoms with E-state index in [0.717, 1.165) is 5.56 Å². The maximum atomic E-state index is 11.2. The van der Waals surface area contributed by atoms with Crippen molar-refractivity contribution in [1.82, 2.24) is 0 Å². The number of aliphatic carboxylic acids is 1. The molecule has 0 bridgehead atoms. The lowest BCUT2D eigenvalue weighted by Crippen LogP contribution is -2.37. The Labute approximate surface area is 100 Å². The van der Waals surface area contributed by atoms with Crippen LogP contribution >= 0.6 is 0 Å². The van der Waals surface area contributed by atoms with Crippen LogP contribution in [0.1, 0.15) is 36.7 Å². The minimum Gasteiger partial charge on any atom is -0.478 e. The summed E-state index contributed by atoms with van der Waals surface area (Å²) >= 11 is 0. The molecule has 0 heterocycles. The fourth-order valence-electron chi connectivity index (χ4n) is 1.43. The number of rotatable bonds is 4. The highest BCUT2D eigenvalue weighted by molar-refractivity contribution is 5.95. The Bertz CT molecular complexity index is 460. The molecule has 4 heteroatoms. The van der Waals surface area contributed by atoms with Crippen molar-refractivity contribution in [2.75, 3.05) is 0 Å². The number of hydrogen-bond donors (Lipinski definition) is 1. The van der Waals surface area contributed by atoms with Crippen LogP contribution in [-0.4, -0.2) is 22.5 Å². The van der Waals surface area contributed by atoms with Crippen LogP contribution in [0.2, 0.25) is 0 Å². The number of carbonyl (C=O) groups excluding carboxylic acids is 1. The molecule has 0 fully saturated rings. The van der Waals surface area contributed by atoms with Crippen LogP contribution in [0.15, 0.2) is 18.2 Å². The van der Waals surface area contributed by atoms with Crippen LogP contribution < -0.4 is 4.74 Å². The predicted molar refractivity (Wildman–Crippen MR) is 63.5 cm³/mol. The topological polar surface area (TPSA) is 63.6 Å². The molecule has 17 heavy (non-hydrogen) atoms. The average Bonchev–Trinajstić information content (AvgIpc) is 2.15. The Morgan fingerprint density at radius 2 is 1.88 bits per heavy atom. The molecule has 0 spiro atoms. The lowest BCUT2D eigenvalue weighted by molar-refractivity contribution is -0.152. The van der Waals surface area contributed by atoms with E-state index in [9.17, 15) is 9.59 Å². The van der Waals surface area contributed by atoms with Crippen LogP contribution in [0.25, 0.3) is 0 Å². The Balaban J connectivity index is 2.99. The predicted octanol–water partition coefficient (Wildman–Crippen LogP) is 2.44. The third-order valence-electron chi connectivity index (χ3n) is 2.47. The molecular weight excluding hydrogens is 220 g/mol. The lowest BCUT2D eigenvalue weighted by Gasteiger charge is -2.22. The second-order valence-corrected chi connectivity index (χ2v) is 4.45. The molecule has 1 rings (SSSR count). The summed E-state index contributed by atoms with van der Waals surface area (Å²) in [5.41, 5.74) is 0.103. The number of ketones is 1. The van der Waals surface area contributed by atoms with Gasteiger partial charge in [0.2, 0.25) is 0 Å². The van der Waals surface area contributed by atoms with Crippen molar-refractivity contribution in [2.45, 2.75) is 33.3 Å². The molecule has 0 unspecified atom stereocenters. The van der Waals surface area contributed by atoms with Gasteiger partial charge in [0.25, 0.3) is 0 Å². The van der Waals surface area contributed by atoms with Gasteiger partial charge in [-0.05, 0) is 51.5 Å². The Morgan fingerprint density at radius 1 is 1.29 bits per heavy atom. The van der Waals surface area contributed by atoms with E-state index in [-0.39, 0.29) is 5.78 Å². The fourth-order valence-corrected chi connectivity index (χ4v) is 1.43. The molecule has 92 valence electrons. The second kappa shape index (κ2) is 4.57. The summed E-state index contributed by atoms with van der Waals surface area (Å²) in [5, 5.41) is 8.94. The van der Waals surface area contributed by atoms with Crippen molar-refractivity contribution in [3.63, 3.8) is 0 Å². The number of aryl methyl sites for hydroxylation is 1. The van der Waals surface area contributed by atoms with Crippen molar-refractivity contribution in [2.24, 2.45) is 0 Å². The zero-order valence-electron chi connectivity index (χ0n) is 10.4. The molecule has 0 aliphatic carbocycles. The summed E-state index contributed by atoms with van der Waals surface area (Å²) in [4.78, 5) is 22.1. The average molecular weight is 236 g/mol. The monoisotopic (exact) mass is 236 g/mol. The van der Waals surface area contributed by atoms with Gasteiger partial charge in [-0.1, -0.05) is 0 Å². The minimum absolute atomic E-state index is 0.0217. The standard InChI is InChI=1S/C13H16O4/c1-8-7-10(5-6-11(8)9(2)14)17-13(3,4)12(15)16/h5-7H,1-4H3,(H,15,16). The highest BCUT2D eigenvalue weighted by Crippen LogP contribution is 2.22. The van der Waals surface area contributed by atoms with Crippen molar-refractivity contribution in [3.8, 4) is 5.75 Å². The summed E-state index contributed by atoms with van der Waals surface area (Å²) in [6.07, 6.45) is 0. The van der Waals surface area contributed by atoms with Crippen molar-refractivity contribution in [1.29, 1.82) is 0 Å². The zero-order chi connectivity index (χ0) is 13.2. The van der Waals surface area contributed by atoms with E-state index in [0.29, 0.717) is 11.3 Å². The van der Waals surface area contributed by atoms with Crippen LogP contribution in [0, 0.1) is 6.92 Å². The smallest absolute Gasteiger partial charge is 0.347 e. The quantitative estimate of drug-likeness (QED) is 0.815. The van der Waals surface area contributed by atoms with E-state index >= 15 is 0 Å². The first kappa shape index (κ1) is 13.2. The summed E-state index contributed by atoms with van der Waals surface area (Å²) in [7, 11) is 0. The maximum absolute atomic E-state index is 11.2. The summed E-state index contributed by atoms with van der Waals surface area (Å²) in [6, 6.07) is 4.92. The van der Waals surface area contributed by atoms with Crippen molar-refractivity contribution in [3.05, 3.63) is 29.3 Å². The van der Waals surface area contributed by atoms with Gasteiger partial charge >= 0.3 is 5.97 Å². The Hall–Kier alpha value is -1.84. The third kappa shape index (κ3) is 3.06. The summed E-state index contributed by atoms with van der Waals surface area (Å²) in [5.74, 6) is -0.614. The van der Waals surface area contributed by atoms with Crippen molar-refractivity contribution < 1.29 is 19.4 Å². The van der Waals surface area contributed by atoms with Crippen LogP contribution in [0.5, 0.6) is 5.75 Å².